The summed E-state index contributed by atoms with van der Waals surface area (Å²) in [5.41, 5.74) is 0.464. The summed E-state index contributed by atoms with van der Waals surface area (Å²) in [6, 6.07) is 0. The van der Waals surface area contributed by atoms with Crippen LogP contribution in [0.2, 0.25) is 0 Å². The van der Waals surface area contributed by atoms with Gasteiger partial charge in [0.05, 0.1) is 6.54 Å². The summed E-state index contributed by atoms with van der Waals surface area (Å²) < 4.78 is 32.1. The highest BCUT2D eigenvalue weighted by molar-refractivity contribution is 7.89. The van der Waals surface area contributed by atoms with Crippen molar-refractivity contribution in [2.45, 2.75) is 32.2 Å². The van der Waals surface area contributed by atoms with Gasteiger partial charge in [-0.3, -0.25) is 0 Å². The molecule has 0 atom stereocenters. The lowest BCUT2D eigenvalue weighted by Gasteiger charge is -2.05. The summed E-state index contributed by atoms with van der Waals surface area (Å²) in [4.78, 5) is 15.0. The van der Waals surface area contributed by atoms with Crippen molar-refractivity contribution in [3.05, 3.63) is 33.2 Å². The SMILES string of the molecule is Cc1csc(CNS(=O)(=O)c2c(C)oc(C)c2C(=O)O)n1. The molecule has 0 amide bonds. The molecule has 0 saturated carbocycles. The molecule has 0 aromatic carbocycles. The van der Waals surface area contributed by atoms with Crippen molar-refractivity contribution in [2.24, 2.45) is 0 Å². The van der Waals surface area contributed by atoms with Crippen molar-refractivity contribution in [3.63, 3.8) is 0 Å². The van der Waals surface area contributed by atoms with E-state index in [9.17, 15) is 13.2 Å². The van der Waals surface area contributed by atoms with Crippen LogP contribution in [0.3, 0.4) is 0 Å². The van der Waals surface area contributed by atoms with Crippen LogP contribution in [0.5, 0.6) is 0 Å². The number of nitrogens with zero attached hydrogens (tertiary/aromatic N) is 1. The van der Waals surface area contributed by atoms with Crippen LogP contribution >= 0.6 is 11.3 Å². The molecular formula is C12H14N2O5S2. The zero-order chi connectivity index (χ0) is 15.8. The summed E-state index contributed by atoms with van der Waals surface area (Å²) in [7, 11) is -3.99. The van der Waals surface area contributed by atoms with Crippen molar-refractivity contribution < 1.29 is 22.7 Å². The second-order valence-electron chi connectivity index (χ2n) is 4.43. The van der Waals surface area contributed by atoms with Gasteiger partial charge in [0.25, 0.3) is 0 Å². The zero-order valence-electron chi connectivity index (χ0n) is 11.6. The maximum atomic E-state index is 12.3. The molecule has 0 saturated heterocycles. The summed E-state index contributed by atoms with van der Waals surface area (Å²) in [6.45, 7) is 4.64. The van der Waals surface area contributed by atoms with E-state index in [1.807, 2.05) is 0 Å². The summed E-state index contributed by atoms with van der Waals surface area (Å²) in [5, 5.41) is 11.6. The quantitative estimate of drug-likeness (QED) is 0.865. The van der Waals surface area contributed by atoms with E-state index < -0.39 is 16.0 Å². The largest absolute Gasteiger partial charge is 0.478 e. The Hall–Kier alpha value is -1.71. The van der Waals surface area contributed by atoms with E-state index in [4.69, 9.17) is 9.52 Å². The van der Waals surface area contributed by atoms with E-state index >= 15 is 0 Å². The first-order valence-corrected chi connectivity index (χ1v) is 8.32. The average Bonchev–Trinajstić information content (AvgIpc) is 2.90. The van der Waals surface area contributed by atoms with E-state index in [0.717, 1.165) is 5.69 Å². The van der Waals surface area contributed by atoms with Gasteiger partial charge in [-0.2, -0.15) is 0 Å². The molecule has 2 aromatic heterocycles. The van der Waals surface area contributed by atoms with Gasteiger partial charge in [-0.05, 0) is 20.8 Å². The van der Waals surface area contributed by atoms with Crippen LogP contribution in [-0.2, 0) is 16.6 Å². The number of carboxylic acid groups (broad SMARTS) is 1. The second kappa shape index (κ2) is 5.58. The number of carboxylic acids is 1. The van der Waals surface area contributed by atoms with Crippen molar-refractivity contribution in [1.29, 1.82) is 0 Å². The Morgan fingerprint density at radius 3 is 2.57 bits per heavy atom. The molecule has 0 bridgehead atoms. The molecule has 0 aliphatic heterocycles. The number of sulfonamides is 1. The van der Waals surface area contributed by atoms with Crippen LogP contribution in [0.1, 0.15) is 32.6 Å². The van der Waals surface area contributed by atoms with Crippen LogP contribution in [0.4, 0.5) is 0 Å². The third-order valence-corrected chi connectivity index (χ3v) is 5.29. The molecule has 0 fully saturated rings. The molecule has 2 aromatic rings. The maximum absolute atomic E-state index is 12.3. The van der Waals surface area contributed by atoms with Gasteiger partial charge in [-0.25, -0.2) is 22.9 Å². The molecule has 0 spiro atoms. The highest BCUT2D eigenvalue weighted by atomic mass is 32.2. The highest BCUT2D eigenvalue weighted by Gasteiger charge is 2.30. The van der Waals surface area contributed by atoms with Crippen molar-refractivity contribution in [3.8, 4) is 0 Å². The van der Waals surface area contributed by atoms with E-state index in [0.29, 0.717) is 5.01 Å². The number of aromatic nitrogens is 1. The van der Waals surface area contributed by atoms with Crippen LogP contribution in [0.15, 0.2) is 14.7 Å². The first-order chi connectivity index (χ1) is 9.72. The Bertz CT molecular complexity index is 789. The molecule has 0 aliphatic carbocycles. The van der Waals surface area contributed by atoms with Gasteiger partial charge in [-0.15, -0.1) is 11.3 Å². The number of aryl methyl sites for hydroxylation is 3. The number of rotatable bonds is 5. The van der Waals surface area contributed by atoms with Crippen LogP contribution in [0.25, 0.3) is 0 Å². The molecule has 0 unspecified atom stereocenters. The molecule has 2 rings (SSSR count). The van der Waals surface area contributed by atoms with Gasteiger partial charge in [0.2, 0.25) is 10.0 Å². The fourth-order valence-corrected chi connectivity index (χ4v) is 4.14. The number of carbonyl (C=O) groups is 1. The third-order valence-electron chi connectivity index (χ3n) is 2.77. The Morgan fingerprint density at radius 2 is 2.05 bits per heavy atom. The van der Waals surface area contributed by atoms with Gasteiger partial charge in [-0.1, -0.05) is 0 Å². The fraction of sp³-hybridized carbons (Fsp3) is 0.333. The Labute approximate surface area is 125 Å². The predicted molar refractivity (Wildman–Crippen MR) is 76.0 cm³/mol. The summed E-state index contributed by atoms with van der Waals surface area (Å²) >= 11 is 1.33. The first-order valence-electron chi connectivity index (χ1n) is 5.96. The molecule has 21 heavy (non-hydrogen) atoms. The minimum absolute atomic E-state index is 0.00354. The van der Waals surface area contributed by atoms with E-state index in [2.05, 4.69) is 9.71 Å². The van der Waals surface area contributed by atoms with Crippen molar-refractivity contribution in [2.75, 3.05) is 0 Å². The van der Waals surface area contributed by atoms with Gasteiger partial charge in [0, 0.05) is 11.1 Å². The van der Waals surface area contributed by atoms with Gasteiger partial charge < -0.3 is 9.52 Å². The topological polar surface area (TPSA) is 110 Å². The number of hydrogen-bond acceptors (Lipinski definition) is 6. The summed E-state index contributed by atoms with van der Waals surface area (Å²) in [5.74, 6) is -1.23. The monoisotopic (exact) mass is 330 g/mol. The Morgan fingerprint density at radius 1 is 1.38 bits per heavy atom. The number of nitrogens with one attached hydrogen (secondary N) is 1. The molecule has 2 heterocycles. The number of aromatic carboxylic acids is 1. The molecule has 0 radical (unpaired) electrons. The van der Waals surface area contributed by atoms with Crippen LogP contribution < -0.4 is 4.72 Å². The Balaban J connectivity index is 2.34. The van der Waals surface area contributed by atoms with E-state index in [1.165, 1.54) is 25.2 Å². The van der Waals surface area contributed by atoms with Gasteiger partial charge in [0.1, 0.15) is 27.0 Å². The lowest BCUT2D eigenvalue weighted by atomic mass is 10.2. The standard InChI is InChI=1S/C12H14N2O5S2/c1-6-5-20-9(14-6)4-13-21(17,18)11-8(3)19-7(2)10(11)12(15)16/h5,13H,4H2,1-3H3,(H,15,16). The normalized spacial score (nSPS) is 11.8. The molecule has 7 nitrogen and oxygen atoms in total. The van der Waals surface area contributed by atoms with Gasteiger partial charge >= 0.3 is 5.97 Å². The molecular weight excluding hydrogens is 316 g/mol. The average molecular weight is 330 g/mol. The maximum Gasteiger partial charge on any atom is 0.340 e. The molecule has 114 valence electrons. The molecule has 9 heteroatoms. The number of furan rings is 1. The minimum atomic E-state index is -3.99. The Kier molecular flexibility index (Phi) is 4.17. The predicted octanol–water partition coefficient (Wildman–Crippen LogP) is 1.84. The number of hydrogen-bond donors (Lipinski definition) is 2. The van der Waals surface area contributed by atoms with Crippen molar-refractivity contribution in [1.82, 2.24) is 9.71 Å². The second-order valence-corrected chi connectivity index (χ2v) is 7.08. The van der Waals surface area contributed by atoms with E-state index in [-0.39, 0.29) is 28.5 Å². The molecule has 0 aliphatic rings. The van der Waals surface area contributed by atoms with Crippen molar-refractivity contribution >= 4 is 27.3 Å². The lowest BCUT2D eigenvalue weighted by Crippen LogP contribution is -2.25. The third kappa shape index (κ3) is 3.14. The zero-order valence-corrected chi connectivity index (χ0v) is 13.3. The summed E-state index contributed by atoms with van der Waals surface area (Å²) in [6.07, 6.45) is 0. The highest BCUT2D eigenvalue weighted by Crippen LogP contribution is 2.26. The fourth-order valence-electron chi connectivity index (χ4n) is 1.95. The van der Waals surface area contributed by atoms with Gasteiger partial charge in [0.15, 0.2) is 0 Å². The molecule has 2 N–H and O–H groups in total. The minimum Gasteiger partial charge on any atom is -0.478 e. The number of thiazole rings is 1. The first kappa shape index (κ1) is 15.7. The van der Waals surface area contributed by atoms with E-state index in [1.54, 1.807) is 12.3 Å². The smallest absolute Gasteiger partial charge is 0.340 e. The lowest BCUT2D eigenvalue weighted by molar-refractivity contribution is 0.0691. The van der Waals surface area contributed by atoms with Crippen LogP contribution in [0, 0.1) is 20.8 Å². The van der Waals surface area contributed by atoms with Crippen LogP contribution in [-0.4, -0.2) is 24.5 Å².